The van der Waals surface area contributed by atoms with E-state index in [1.807, 2.05) is 0 Å². The number of hydrogen-bond acceptors (Lipinski definition) is 2. The van der Waals surface area contributed by atoms with Gasteiger partial charge in [-0.25, -0.2) is 4.90 Å². The Morgan fingerprint density at radius 3 is 2.12 bits per heavy atom. The van der Waals surface area contributed by atoms with Crippen LogP contribution in [0.5, 0.6) is 0 Å². The molecular weight excluding hydrogens is 367 g/mol. The fourth-order valence-electron chi connectivity index (χ4n) is 2.58. The summed E-state index contributed by atoms with van der Waals surface area (Å²) in [6, 6.07) is 9.77. The third-order valence-corrected chi connectivity index (χ3v) is 4.33. The molecule has 2 rings (SSSR count). The van der Waals surface area contributed by atoms with Gasteiger partial charge >= 0.3 is 12.1 Å². The van der Waals surface area contributed by atoms with Crippen LogP contribution in [0.15, 0.2) is 36.4 Å². The molecule has 0 fully saturated rings. The molecule has 2 amide bonds. The quantitative estimate of drug-likeness (QED) is 0.706. The van der Waals surface area contributed by atoms with Gasteiger partial charge in [-0.05, 0) is 42.7 Å². The number of amides is 2. The number of nitrogens with zero attached hydrogens (tertiary/aromatic N) is 1. The van der Waals surface area contributed by atoms with Gasteiger partial charge in [0.1, 0.15) is 0 Å². The first-order chi connectivity index (χ1) is 12.1. The van der Waals surface area contributed by atoms with E-state index in [1.165, 1.54) is 6.92 Å². The molecule has 2 aromatic rings. The van der Waals surface area contributed by atoms with Gasteiger partial charge < -0.3 is 0 Å². The number of aryl methyl sites for hydroxylation is 1. The highest BCUT2D eigenvalue weighted by atomic mass is 35.5. The topological polar surface area (TPSA) is 37.4 Å². The predicted molar refractivity (Wildman–Crippen MR) is 95.2 cm³/mol. The molecule has 0 aliphatic rings. The van der Waals surface area contributed by atoms with Crippen LogP contribution in [-0.4, -0.2) is 18.0 Å². The lowest BCUT2D eigenvalue weighted by molar-refractivity contribution is -0.171. The minimum atomic E-state index is -5.17. The van der Waals surface area contributed by atoms with Crippen molar-refractivity contribution in [2.75, 3.05) is 4.90 Å². The standard InChI is InChI=1S/C19H17ClF3NO2/c1-4-16(25)24(18(26)19(21,22)23)17-12(3)11(2)5-10-15(17)13-6-8-14(20)9-7-13/h5-10H,4H2,1-3H3. The first-order valence-electron chi connectivity index (χ1n) is 7.88. The van der Waals surface area contributed by atoms with Crippen LogP contribution in [0.25, 0.3) is 11.1 Å². The normalized spacial score (nSPS) is 11.3. The second kappa shape index (κ2) is 7.50. The summed E-state index contributed by atoms with van der Waals surface area (Å²) in [6.07, 6.45) is -5.41. The highest BCUT2D eigenvalue weighted by Crippen LogP contribution is 2.38. The number of rotatable bonds is 3. The SMILES string of the molecule is CCC(=O)N(C(=O)C(F)(F)F)c1c(-c2ccc(Cl)cc2)ccc(C)c1C. The van der Waals surface area contributed by atoms with Gasteiger partial charge in [0.15, 0.2) is 0 Å². The second-order valence-electron chi connectivity index (χ2n) is 5.80. The molecule has 0 aromatic heterocycles. The molecule has 0 N–H and O–H groups in total. The molecule has 0 saturated heterocycles. The van der Waals surface area contributed by atoms with Crippen LogP contribution in [0.2, 0.25) is 5.02 Å². The first kappa shape index (κ1) is 20.0. The Balaban J connectivity index is 2.78. The molecule has 0 saturated carbocycles. The zero-order chi connectivity index (χ0) is 19.6. The van der Waals surface area contributed by atoms with Gasteiger partial charge in [-0.15, -0.1) is 0 Å². The molecule has 0 heterocycles. The third kappa shape index (κ3) is 3.90. The van der Waals surface area contributed by atoms with Crippen LogP contribution in [0.4, 0.5) is 18.9 Å². The van der Waals surface area contributed by atoms with E-state index in [-0.39, 0.29) is 17.0 Å². The summed E-state index contributed by atoms with van der Waals surface area (Å²) in [6.45, 7) is 4.70. The first-order valence-corrected chi connectivity index (χ1v) is 8.26. The number of carbonyl (C=O) groups is 2. The van der Waals surface area contributed by atoms with Gasteiger partial charge in [-0.3, -0.25) is 9.59 Å². The van der Waals surface area contributed by atoms with Crippen LogP contribution in [-0.2, 0) is 9.59 Å². The van der Waals surface area contributed by atoms with Crippen LogP contribution in [0, 0.1) is 13.8 Å². The van der Waals surface area contributed by atoms with Gasteiger partial charge in [0.05, 0.1) is 5.69 Å². The molecule has 0 atom stereocenters. The molecule has 0 bridgehead atoms. The number of hydrogen-bond donors (Lipinski definition) is 0. The molecule has 0 unspecified atom stereocenters. The Hall–Kier alpha value is -2.34. The fraction of sp³-hybridized carbons (Fsp3) is 0.263. The number of benzene rings is 2. The summed E-state index contributed by atoms with van der Waals surface area (Å²) in [5.74, 6) is -3.12. The van der Waals surface area contributed by atoms with Crippen molar-refractivity contribution in [1.29, 1.82) is 0 Å². The molecule has 2 aromatic carbocycles. The Labute approximate surface area is 154 Å². The maximum atomic E-state index is 13.1. The lowest BCUT2D eigenvalue weighted by atomic mass is 9.96. The highest BCUT2D eigenvalue weighted by molar-refractivity contribution is 6.30. The monoisotopic (exact) mass is 383 g/mol. The van der Waals surface area contributed by atoms with Gasteiger partial charge in [0.2, 0.25) is 5.91 Å². The van der Waals surface area contributed by atoms with Gasteiger partial charge in [-0.1, -0.05) is 42.8 Å². The largest absolute Gasteiger partial charge is 0.472 e. The number of imide groups is 1. The predicted octanol–water partition coefficient (Wildman–Crippen LogP) is 5.46. The molecule has 26 heavy (non-hydrogen) atoms. The van der Waals surface area contributed by atoms with Gasteiger partial charge in [0.25, 0.3) is 0 Å². The molecule has 0 radical (unpaired) electrons. The van der Waals surface area contributed by atoms with E-state index in [0.29, 0.717) is 27.3 Å². The van der Waals surface area contributed by atoms with E-state index in [1.54, 1.807) is 50.2 Å². The lowest BCUT2D eigenvalue weighted by Crippen LogP contribution is -2.45. The van der Waals surface area contributed by atoms with Gasteiger partial charge in [0, 0.05) is 17.0 Å². The van der Waals surface area contributed by atoms with Crippen LogP contribution < -0.4 is 4.90 Å². The van der Waals surface area contributed by atoms with Crippen molar-refractivity contribution in [3.63, 3.8) is 0 Å². The lowest BCUT2D eigenvalue weighted by Gasteiger charge is -2.27. The summed E-state index contributed by atoms with van der Waals surface area (Å²) in [7, 11) is 0. The average Bonchev–Trinajstić information content (AvgIpc) is 2.58. The molecule has 7 heteroatoms. The van der Waals surface area contributed by atoms with E-state index in [9.17, 15) is 22.8 Å². The summed E-state index contributed by atoms with van der Waals surface area (Å²) >= 11 is 5.87. The van der Waals surface area contributed by atoms with E-state index < -0.39 is 18.0 Å². The maximum Gasteiger partial charge on any atom is 0.472 e. The number of halogens is 4. The minimum absolute atomic E-state index is 0.0542. The maximum absolute atomic E-state index is 13.1. The van der Waals surface area contributed by atoms with Crippen molar-refractivity contribution < 1.29 is 22.8 Å². The van der Waals surface area contributed by atoms with Crippen molar-refractivity contribution in [3.8, 4) is 11.1 Å². The summed E-state index contributed by atoms with van der Waals surface area (Å²) in [5, 5.41) is 0.465. The van der Waals surface area contributed by atoms with Crippen LogP contribution in [0.1, 0.15) is 24.5 Å². The molecule has 0 aliphatic heterocycles. The average molecular weight is 384 g/mol. The van der Waals surface area contributed by atoms with Crippen molar-refractivity contribution in [2.24, 2.45) is 0 Å². The minimum Gasteiger partial charge on any atom is -0.274 e. The number of alkyl halides is 3. The number of carbonyl (C=O) groups excluding carboxylic acids is 2. The molecule has 0 aliphatic carbocycles. The zero-order valence-electron chi connectivity index (χ0n) is 14.4. The Morgan fingerprint density at radius 1 is 1.04 bits per heavy atom. The van der Waals surface area contributed by atoms with Crippen LogP contribution >= 0.6 is 11.6 Å². The van der Waals surface area contributed by atoms with Crippen molar-refractivity contribution in [2.45, 2.75) is 33.4 Å². The van der Waals surface area contributed by atoms with Crippen LogP contribution in [0.3, 0.4) is 0 Å². The van der Waals surface area contributed by atoms with Crippen molar-refractivity contribution in [3.05, 3.63) is 52.5 Å². The Morgan fingerprint density at radius 2 is 1.62 bits per heavy atom. The Kier molecular flexibility index (Phi) is 5.76. The van der Waals surface area contributed by atoms with E-state index in [2.05, 4.69) is 0 Å². The van der Waals surface area contributed by atoms with E-state index in [0.717, 1.165) is 0 Å². The number of anilines is 1. The summed E-state index contributed by atoms with van der Waals surface area (Å²) < 4.78 is 39.4. The summed E-state index contributed by atoms with van der Waals surface area (Å²) in [5.41, 5.74) is 1.94. The smallest absolute Gasteiger partial charge is 0.274 e. The molecule has 0 spiro atoms. The molecule has 3 nitrogen and oxygen atoms in total. The van der Waals surface area contributed by atoms with E-state index >= 15 is 0 Å². The second-order valence-corrected chi connectivity index (χ2v) is 6.23. The third-order valence-electron chi connectivity index (χ3n) is 4.08. The van der Waals surface area contributed by atoms with Gasteiger partial charge in [-0.2, -0.15) is 13.2 Å². The molecule has 138 valence electrons. The zero-order valence-corrected chi connectivity index (χ0v) is 15.2. The fourth-order valence-corrected chi connectivity index (χ4v) is 2.70. The molecular formula is C19H17ClF3NO2. The Bertz CT molecular complexity index is 845. The van der Waals surface area contributed by atoms with Crippen molar-refractivity contribution >= 4 is 29.1 Å². The van der Waals surface area contributed by atoms with E-state index in [4.69, 9.17) is 11.6 Å². The van der Waals surface area contributed by atoms with Crippen molar-refractivity contribution in [1.82, 2.24) is 0 Å². The summed E-state index contributed by atoms with van der Waals surface area (Å²) in [4.78, 5) is 24.6. The highest BCUT2D eigenvalue weighted by Gasteiger charge is 2.46.